The van der Waals surface area contributed by atoms with Crippen LogP contribution in [0.5, 0.6) is 0 Å². The molecule has 0 aliphatic heterocycles. The third kappa shape index (κ3) is 3.46. The van der Waals surface area contributed by atoms with E-state index in [0.29, 0.717) is 11.4 Å². The Bertz CT molecular complexity index is 419. The molecule has 0 spiro atoms. The van der Waals surface area contributed by atoms with E-state index in [9.17, 15) is 4.79 Å². The quantitative estimate of drug-likeness (QED) is 0.828. The van der Waals surface area contributed by atoms with Crippen LogP contribution >= 0.6 is 0 Å². The maximum atomic E-state index is 11.8. The SMILES string of the molecule is C=C(C)c1cncc(C(=O)NC(C)(C)C)n1. The zero-order valence-electron chi connectivity index (χ0n) is 10.2. The minimum absolute atomic E-state index is 0.219. The van der Waals surface area contributed by atoms with Gasteiger partial charge < -0.3 is 5.32 Å². The van der Waals surface area contributed by atoms with Crippen molar-refractivity contribution in [2.45, 2.75) is 33.2 Å². The van der Waals surface area contributed by atoms with Gasteiger partial charge in [0.25, 0.3) is 5.91 Å². The van der Waals surface area contributed by atoms with Gasteiger partial charge in [0, 0.05) is 5.54 Å². The number of hydrogen-bond donors (Lipinski definition) is 1. The number of rotatable bonds is 2. The van der Waals surface area contributed by atoms with E-state index in [1.165, 1.54) is 6.20 Å². The fourth-order valence-corrected chi connectivity index (χ4v) is 1.09. The Hall–Kier alpha value is -1.71. The molecule has 1 aromatic heterocycles. The van der Waals surface area contributed by atoms with Crippen LogP contribution in [-0.2, 0) is 0 Å². The van der Waals surface area contributed by atoms with Crippen molar-refractivity contribution in [1.29, 1.82) is 0 Å². The summed E-state index contributed by atoms with van der Waals surface area (Å²) in [5.74, 6) is -0.219. The number of hydrogen-bond acceptors (Lipinski definition) is 3. The molecule has 1 rings (SSSR count). The van der Waals surface area contributed by atoms with Crippen LogP contribution in [0.15, 0.2) is 19.0 Å². The topological polar surface area (TPSA) is 54.9 Å². The summed E-state index contributed by atoms with van der Waals surface area (Å²) in [6.07, 6.45) is 3.05. The molecule has 0 saturated heterocycles. The van der Waals surface area contributed by atoms with Crippen molar-refractivity contribution in [2.75, 3.05) is 0 Å². The van der Waals surface area contributed by atoms with Crippen molar-refractivity contribution in [3.8, 4) is 0 Å². The van der Waals surface area contributed by atoms with E-state index in [0.717, 1.165) is 5.57 Å². The minimum Gasteiger partial charge on any atom is -0.346 e. The fourth-order valence-electron chi connectivity index (χ4n) is 1.09. The van der Waals surface area contributed by atoms with Gasteiger partial charge in [0.15, 0.2) is 0 Å². The van der Waals surface area contributed by atoms with E-state index >= 15 is 0 Å². The molecule has 4 nitrogen and oxygen atoms in total. The molecule has 86 valence electrons. The van der Waals surface area contributed by atoms with E-state index in [1.54, 1.807) is 6.20 Å². The average Bonchev–Trinajstić information content (AvgIpc) is 2.15. The standard InChI is InChI=1S/C12H17N3O/c1-8(2)9-6-13-7-10(14-9)11(16)15-12(3,4)5/h6-7H,1H2,2-5H3,(H,15,16). The number of carbonyl (C=O) groups is 1. The summed E-state index contributed by atoms with van der Waals surface area (Å²) in [5, 5.41) is 2.83. The highest BCUT2D eigenvalue weighted by Gasteiger charge is 2.16. The van der Waals surface area contributed by atoms with Crippen molar-refractivity contribution < 1.29 is 4.79 Å². The van der Waals surface area contributed by atoms with Gasteiger partial charge in [-0.15, -0.1) is 0 Å². The summed E-state index contributed by atoms with van der Waals surface area (Å²) in [7, 11) is 0. The van der Waals surface area contributed by atoms with Crippen LogP contribution in [0.4, 0.5) is 0 Å². The first-order chi connectivity index (χ1) is 7.29. The van der Waals surface area contributed by atoms with Crippen LogP contribution in [-0.4, -0.2) is 21.4 Å². The number of aromatic nitrogens is 2. The second-order valence-electron chi connectivity index (χ2n) is 4.77. The summed E-state index contributed by atoms with van der Waals surface area (Å²) in [6.45, 7) is 11.3. The maximum Gasteiger partial charge on any atom is 0.271 e. The molecule has 0 aromatic carbocycles. The zero-order chi connectivity index (χ0) is 12.3. The third-order valence-electron chi connectivity index (χ3n) is 1.79. The predicted molar refractivity (Wildman–Crippen MR) is 64.0 cm³/mol. The van der Waals surface area contributed by atoms with Gasteiger partial charge in [-0.3, -0.25) is 9.78 Å². The molecule has 0 aliphatic rings. The first kappa shape index (κ1) is 12.4. The molecule has 1 amide bonds. The molecule has 0 bridgehead atoms. The van der Waals surface area contributed by atoms with Crippen molar-refractivity contribution in [3.63, 3.8) is 0 Å². The summed E-state index contributed by atoms with van der Waals surface area (Å²) in [5.41, 5.74) is 1.47. The number of allylic oxidation sites excluding steroid dienone is 1. The Morgan fingerprint density at radius 2 is 1.88 bits per heavy atom. The van der Waals surface area contributed by atoms with Crippen LogP contribution in [0.1, 0.15) is 43.9 Å². The number of nitrogens with one attached hydrogen (secondary N) is 1. The van der Waals surface area contributed by atoms with Crippen molar-refractivity contribution >= 4 is 11.5 Å². The van der Waals surface area contributed by atoms with Gasteiger partial charge in [-0.1, -0.05) is 6.58 Å². The molecule has 0 unspecified atom stereocenters. The van der Waals surface area contributed by atoms with Gasteiger partial charge in [0.2, 0.25) is 0 Å². The molecule has 0 fully saturated rings. The smallest absolute Gasteiger partial charge is 0.271 e. The van der Waals surface area contributed by atoms with E-state index in [1.807, 2.05) is 27.7 Å². The number of amides is 1. The lowest BCUT2D eigenvalue weighted by atomic mass is 10.1. The molecule has 0 atom stereocenters. The Kier molecular flexibility index (Phi) is 3.42. The molecule has 4 heteroatoms. The molecule has 0 saturated carbocycles. The highest BCUT2D eigenvalue weighted by atomic mass is 16.2. The Balaban J connectivity index is 2.92. The van der Waals surface area contributed by atoms with Crippen LogP contribution in [0, 0.1) is 0 Å². The van der Waals surface area contributed by atoms with E-state index in [4.69, 9.17) is 0 Å². The summed E-state index contributed by atoms with van der Waals surface area (Å²) in [4.78, 5) is 19.9. The summed E-state index contributed by atoms with van der Waals surface area (Å²) < 4.78 is 0. The first-order valence-electron chi connectivity index (χ1n) is 5.10. The largest absolute Gasteiger partial charge is 0.346 e. The van der Waals surface area contributed by atoms with Gasteiger partial charge in [-0.2, -0.15) is 0 Å². The van der Waals surface area contributed by atoms with Crippen LogP contribution in [0.3, 0.4) is 0 Å². The maximum absolute atomic E-state index is 11.8. The number of nitrogens with zero attached hydrogens (tertiary/aromatic N) is 2. The lowest BCUT2D eigenvalue weighted by Crippen LogP contribution is -2.41. The molecule has 1 N–H and O–H groups in total. The monoisotopic (exact) mass is 219 g/mol. The first-order valence-corrected chi connectivity index (χ1v) is 5.10. The van der Waals surface area contributed by atoms with Gasteiger partial charge in [-0.25, -0.2) is 4.98 Å². The Labute approximate surface area is 95.8 Å². The summed E-state index contributed by atoms with van der Waals surface area (Å²) in [6, 6.07) is 0. The average molecular weight is 219 g/mol. The van der Waals surface area contributed by atoms with Crippen LogP contribution < -0.4 is 5.32 Å². The molecular formula is C12H17N3O. The molecule has 1 aromatic rings. The van der Waals surface area contributed by atoms with Crippen LogP contribution in [0.2, 0.25) is 0 Å². The lowest BCUT2D eigenvalue weighted by Gasteiger charge is -2.20. The molecule has 1 heterocycles. The van der Waals surface area contributed by atoms with E-state index < -0.39 is 0 Å². The van der Waals surface area contributed by atoms with Crippen molar-refractivity contribution in [3.05, 3.63) is 30.4 Å². The number of carbonyl (C=O) groups excluding carboxylic acids is 1. The summed E-state index contributed by atoms with van der Waals surface area (Å²) >= 11 is 0. The molecule has 0 aliphatic carbocycles. The van der Waals surface area contributed by atoms with Gasteiger partial charge in [0.1, 0.15) is 5.69 Å². The lowest BCUT2D eigenvalue weighted by molar-refractivity contribution is 0.0914. The van der Waals surface area contributed by atoms with E-state index in [-0.39, 0.29) is 11.4 Å². The van der Waals surface area contributed by atoms with Gasteiger partial charge in [-0.05, 0) is 33.3 Å². The molecule has 16 heavy (non-hydrogen) atoms. The van der Waals surface area contributed by atoms with E-state index in [2.05, 4.69) is 21.9 Å². The van der Waals surface area contributed by atoms with Gasteiger partial charge in [0.05, 0.1) is 18.1 Å². The fraction of sp³-hybridized carbons (Fsp3) is 0.417. The van der Waals surface area contributed by atoms with Crippen LogP contribution in [0.25, 0.3) is 5.57 Å². The highest BCUT2D eigenvalue weighted by Crippen LogP contribution is 2.08. The highest BCUT2D eigenvalue weighted by molar-refractivity contribution is 5.92. The van der Waals surface area contributed by atoms with Crippen molar-refractivity contribution in [1.82, 2.24) is 15.3 Å². The second kappa shape index (κ2) is 4.43. The normalized spacial score (nSPS) is 11.0. The predicted octanol–water partition coefficient (Wildman–Crippen LogP) is 2.04. The molecular weight excluding hydrogens is 202 g/mol. The minimum atomic E-state index is -0.280. The van der Waals surface area contributed by atoms with Gasteiger partial charge >= 0.3 is 0 Å². The zero-order valence-corrected chi connectivity index (χ0v) is 10.2. The third-order valence-corrected chi connectivity index (χ3v) is 1.79. The molecule has 0 radical (unpaired) electrons. The van der Waals surface area contributed by atoms with Crippen molar-refractivity contribution in [2.24, 2.45) is 0 Å². The Morgan fingerprint density at radius 3 is 2.38 bits per heavy atom. The second-order valence-corrected chi connectivity index (χ2v) is 4.77. The Morgan fingerprint density at radius 1 is 1.31 bits per heavy atom.